The molecule has 7 nitrogen and oxygen atoms in total. The van der Waals surface area contributed by atoms with E-state index < -0.39 is 9.84 Å². The molecule has 0 unspecified atom stereocenters. The van der Waals surface area contributed by atoms with Crippen LogP contribution >= 0.6 is 24.0 Å². The molecular formula is C22H31IN4O3S. The van der Waals surface area contributed by atoms with Crippen LogP contribution in [0.15, 0.2) is 64.5 Å². The van der Waals surface area contributed by atoms with Gasteiger partial charge in [-0.3, -0.25) is 9.79 Å². The van der Waals surface area contributed by atoms with Gasteiger partial charge < -0.3 is 16.0 Å². The highest BCUT2D eigenvalue weighted by Crippen LogP contribution is 2.11. The molecule has 0 aliphatic heterocycles. The van der Waals surface area contributed by atoms with E-state index in [1.807, 2.05) is 25.1 Å². The zero-order valence-electron chi connectivity index (χ0n) is 17.9. The monoisotopic (exact) mass is 558 g/mol. The normalized spacial score (nSPS) is 11.4. The maximum atomic E-state index is 12.3. The predicted molar refractivity (Wildman–Crippen MR) is 136 cm³/mol. The van der Waals surface area contributed by atoms with Gasteiger partial charge >= 0.3 is 0 Å². The van der Waals surface area contributed by atoms with Gasteiger partial charge in [-0.05, 0) is 49.6 Å². The Hall–Kier alpha value is -2.14. The van der Waals surface area contributed by atoms with Crippen molar-refractivity contribution >= 4 is 45.7 Å². The van der Waals surface area contributed by atoms with Gasteiger partial charge in [0.2, 0.25) is 0 Å². The fourth-order valence-corrected chi connectivity index (χ4v) is 4.19. The van der Waals surface area contributed by atoms with E-state index in [-0.39, 0.29) is 35.6 Å². The summed E-state index contributed by atoms with van der Waals surface area (Å²) >= 11 is 0. The topological polar surface area (TPSA) is 99.7 Å². The predicted octanol–water partition coefficient (Wildman–Crippen LogP) is 2.63. The molecule has 9 heteroatoms. The van der Waals surface area contributed by atoms with Crippen molar-refractivity contribution in [2.75, 3.05) is 32.4 Å². The number of nitrogens with one attached hydrogen (secondary N) is 3. The summed E-state index contributed by atoms with van der Waals surface area (Å²) in [6.07, 6.45) is 1.18. The first kappa shape index (κ1) is 26.9. The molecule has 0 aliphatic carbocycles. The molecule has 2 aromatic rings. The highest BCUT2D eigenvalue weighted by molar-refractivity contribution is 14.0. The second-order valence-corrected chi connectivity index (χ2v) is 8.81. The summed E-state index contributed by atoms with van der Waals surface area (Å²) in [6, 6.07) is 16.0. The van der Waals surface area contributed by atoms with Crippen LogP contribution < -0.4 is 16.0 Å². The first-order valence-electron chi connectivity index (χ1n) is 10.1. The van der Waals surface area contributed by atoms with E-state index in [0.717, 1.165) is 12.0 Å². The highest BCUT2D eigenvalue weighted by Gasteiger charge is 2.13. The van der Waals surface area contributed by atoms with Crippen LogP contribution in [0.25, 0.3) is 0 Å². The maximum Gasteiger partial charge on any atom is 0.251 e. The van der Waals surface area contributed by atoms with E-state index in [2.05, 4.69) is 20.9 Å². The Balaban J connectivity index is 0.00000480. The minimum absolute atomic E-state index is 0. The van der Waals surface area contributed by atoms with E-state index in [1.165, 1.54) is 0 Å². The zero-order valence-corrected chi connectivity index (χ0v) is 21.1. The van der Waals surface area contributed by atoms with E-state index in [4.69, 9.17) is 0 Å². The van der Waals surface area contributed by atoms with Gasteiger partial charge in [-0.25, -0.2) is 8.42 Å². The minimum Gasteiger partial charge on any atom is -0.357 e. The summed E-state index contributed by atoms with van der Waals surface area (Å²) in [7, 11) is -1.67. The number of hydrogen-bond donors (Lipinski definition) is 3. The fraction of sp³-hybridized carbons (Fsp3) is 0.364. The van der Waals surface area contributed by atoms with Crippen LogP contribution in [-0.2, 0) is 16.3 Å². The van der Waals surface area contributed by atoms with Gasteiger partial charge in [0, 0.05) is 32.2 Å². The number of carbonyl (C=O) groups is 1. The Morgan fingerprint density at radius 3 is 2.45 bits per heavy atom. The minimum atomic E-state index is -3.28. The number of carbonyl (C=O) groups excluding carboxylic acids is 1. The fourth-order valence-electron chi connectivity index (χ4n) is 2.87. The molecule has 0 radical (unpaired) electrons. The van der Waals surface area contributed by atoms with Gasteiger partial charge in [0.25, 0.3) is 5.91 Å². The lowest BCUT2D eigenvalue weighted by Gasteiger charge is -2.12. The van der Waals surface area contributed by atoms with E-state index in [9.17, 15) is 13.2 Å². The number of benzene rings is 2. The summed E-state index contributed by atoms with van der Waals surface area (Å²) in [6.45, 7) is 3.74. The van der Waals surface area contributed by atoms with Crippen molar-refractivity contribution in [3.63, 3.8) is 0 Å². The van der Waals surface area contributed by atoms with Crippen molar-refractivity contribution in [3.8, 4) is 0 Å². The molecule has 0 saturated carbocycles. The van der Waals surface area contributed by atoms with Crippen LogP contribution in [0.2, 0.25) is 0 Å². The maximum absolute atomic E-state index is 12.3. The standard InChI is InChI=1S/C22H30N4O3S.HI/c1-3-24-22(25-14-8-16-30(28,29)20-11-5-4-6-12-20)26-15-13-18-9-7-10-19(17-18)21(27)23-2;/h4-7,9-12,17H,3,8,13-16H2,1-2H3,(H,23,27)(H2,24,25,26);1H. The number of aliphatic imine (C=N–C) groups is 1. The van der Waals surface area contributed by atoms with Gasteiger partial charge in [-0.1, -0.05) is 30.3 Å². The molecule has 1 amide bonds. The Morgan fingerprint density at radius 1 is 1.03 bits per heavy atom. The van der Waals surface area contributed by atoms with E-state index >= 15 is 0 Å². The number of sulfone groups is 1. The van der Waals surface area contributed by atoms with Gasteiger partial charge in [-0.15, -0.1) is 24.0 Å². The quantitative estimate of drug-likeness (QED) is 0.180. The molecule has 0 aromatic heterocycles. The SMILES string of the molecule is CCNC(=NCCCS(=O)(=O)c1ccccc1)NCCc1cccc(C(=O)NC)c1.I. The summed E-state index contributed by atoms with van der Waals surface area (Å²) < 4.78 is 24.6. The van der Waals surface area contributed by atoms with Gasteiger partial charge in [0.15, 0.2) is 15.8 Å². The van der Waals surface area contributed by atoms with E-state index in [0.29, 0.717) is 42.5 Å². The van der Waals surface area contributed by atoms with Gasteiger partial charge in [0.05, 0.1) is 10.6 Å². The average molecular weight is 558 g/mol. The van der Waals surface area contributed by atoms with Crippen LogP contribution in [0.5, 0.6) is 0 Å². The Morgan fingerprint density at radius 2 is 1.77 bits per heavy atom. The van der Waals surface area contributed by atoms with Gasteiger partial charge in [0.1, 0.15) is 0 Å². The molecule has 0 spiro atoms. The average Bonchev–Trinajstić information content (AvgIpc) is 2.77. The zero-order chi connectivity index (χ0) is 21.8. The summed E-state index contributed by atoms with van der Waals surface area (Å²) in [5.41, 5.74) is 1.68. The molecule has 0 heterocycles. The number of amides is 1. The lowest BCUT2D eigenvalue weighted by molar-refractivity contribution is 0.0963. The number of hydrogen-bond acceptors (Lipinski definition) is 4. The third kappa shape index (κ3) is 9.26. The van der Waals surface area contributed by atoms with Gasteiger partial charge in [-0.2, -0.15) is 0 Å². The molecule has 3 N–H and O–H groups in total. The molecule has 31 heavy (non-hydrogen) atoms. The molecule has 0 aliphatic rings. The smallest absolute Gasteiger partial charge is 0.251 e. The number of guanidine groups is 1. The third-order valence-corrected chi connectivity index (χ3v) is 6.23. The second-order valence-electron chi connectivity index (χ2n) is 6.70. The summed E-state index contributed by atoms with van der Waals surface area (Å²) in [4.78, 5) is 16.6. The lowest BCUT2D eigenvalue weighted by atomic mass is 10.1. The molecule has 0 atom stereocenters. The largest absolute Gasteiger partial charge is 0.357 e. The molecule has 170 valence electrons. The van der Waals surface area contributed by atoms with E-state index in [1.54, 1.807) is 43.4 Å². The number of nitrogens with zero attached hydrogens (tertiary/aromatic N) is 1. The number of rotatable bonds is 10. The van der Waals surface area contributed by atoms with Crippen molar-refractivity contribution in [1.29, 1.82) is 0 Å². The van der Waals surface area contributed by atoms with Crippen molar-refractivity contribution in [2.24, 2.45) is 4.99 Å². The second kappa shape index (κ2) is 14.0. The molecular weight excluding hydrogens is 527 g/mol. The Labute approximate surface area is 202 Å². The summed E-state index contributed by atoms with van der Waals surface area (Å²) in [5, 5.41) is 9.04. The van der Waals surface area contributed by atoms with Crippen molar-refractivity contribution in [3.05, 3.63) is 65.7 Å². The third-order valence-electron chi connectivity index (χ3n) is 4.41. The first-order valence-corrected chi connectivity index (χ1v) is 11.7. The van der Waals surface area contributed by atoms with Crippen molar-refractivity contribution in [2.45, 2.75) is 24.7 Å². The van der Waals surface area contributed by atoms with Crippen LogP contribution in [-0.4, -0.2) is 52.7 Å². The van der Waals surface area contributed by atoms with Crippen molar-refractivity contribution < 1.29 is 13.2 Å². The van der Waals surface area contributed by atoms with Crippen LogP contribution in [0.4, 0.5) is 0 Å². The molecule has 0 fully saturated rings. The van der Waals surface area contributed by atoms with Crippen LogP contribution in [0.1, 0.15) is 29.3 Å². The number of halogens is 1. The molecule has 2 rings (SSSR count). The lowest BCUT2D eigenvalue weighted by Crippen LogP contribution is -2.38. The summed E-state index contributed by atoms with van der Waals surface area (Å²) in [5.74, 6) is 0.605. The van der Waals surface area contributed by atoms with Crippen LogP contribution in [0, 0.1) is 0 Å². The van der Waals surface area contributed by atoms with Crippen molar-refractivity contribution in [1.82, 2.24) is 16.0 Å². The first-order chi connectivity index (χ1) is 14.5. The Kier molecular flexibility index (Phi) is 12.2. The Bertz CT molecular complexity index is 950. The molecule has 0 bridgehead atoms. The molecule has 0 saturated heterocycles. The van der Waals surface area contributed by atoms with Crippen LogP contribution in [0.3, 0.4) is 0 Å². The molecule has 2 aromatic carbocycles. The highest BCUT2D eigenvalue weighted by atomic mass is 127.